The maximum atomic E-state index is 11.5. The van der Waals surface area contributed by atoms with Crippen molar-refractivity contribution < 1.29 is 17.9 Å². The molecule has 7 nitrogen and oxygen atoms in total. The molecule has 186 valence electrons. The molecule has 0 amide bonds. The SMILES string of the molecule is Cn1c(COc2ccc(C(C)(C)c3cc(Cl)c(OCCCl)c(C#N)c3)cc2)ccc1NS(C)(=O)=O. The van der Waals surface area contributed by atoms with Crippen LogP contribution in [0.4, 0.5) is 5.82 Å². The molecule has 1 aromatic heterocycles. The molecular weight excluding hydrogens is 509 g/mol. The summed E-state index contributed by atoms with van der Waals surface area (Å²) in [6.07, 6.45) is 1.11. The molecule has 0 atom stereocenters. The van der Waals surface area contributed by atoms with E-state index in [1.54, 1.807) is 23.7 Å². The third kappa shape index (κ3) is 6.43. The molecule has 0 aliphatic carbocycles. The number of ether oxygens (including phenoxy) is 2. The molecule has 3 rings (SSSR count). The Morgan fingerprint density at radius 3 is 2.37 bits per heavy atom. The van der Waals surface area contributed by atoms with Gasteiger partial charge in [0, 0.05) is 12.5 Å². The monoisotopic (exact) mass is 535 g/mol. The Bertz CT molecular complexity index is 1340. The van der Waals surface area contributed by atoms with Crippen molar-refractivity contribution in [1.82, 2.24) is 4.57 Å². The number of benzene rings is 2. The van der Waals surface area contributed by atoms with E-state index in [9.17, 15) is 13.7 Å². The number of hydrogen-bond acceptors (Lipinski definition) is 5. The van der Waals surface area contributed by atoms with Crippen molar-refractivity contribution in [2.24, 2.45) is 7.05 Å². The van der Waals surface area contributed by atoms with E-state index in [0.717, 1.165) is 23.1 Å². The molecule has 10 heteroatoms. The summed E-state index contributed by atoms with van der Waals surface area (Å²) in [6, 6.07) is 16.9. The maximum Gasteiger partial charge on any atom is 0.230 e. The second kappa shape index (κ2) is 10.8. The van der Waals surface area contributed by atoms with E-state index < -0.39 is 15.4 Å². The predicted molar refractivity (Wildman–Crippen MR) is 139 cm³/mol. The number of hydrogen-bond donors (Lipinski definition) is 1. The largest absolute Gasteiger partial charge is 0.489 e. The molecule has 1 heterocycles. The summed E-state index contributed by atoms with van der Waals surface area (Å²) in [5.74, 6) is 1.78. The molecule has 0 aliphatic heterocycles. The highest BCUT2D eigenvalue weighted by atomic mass is 35.5. The second-order valence-corrected chi connectivity index (χ2v) is 11.1. The number of sulfonamides is 1. The highest BCUT2D eigenvalue weighted by Gasteiger charge is 2.26. The van der Waals surface area contributed by atoms with Gasteiger partial charge in [0.1, 0.15) is 30.9 Å². The third-order valence-corrected chi connectivity index (χ3v) is 6.70. The first kappa shape index (κ1) is 26.7. The van der Waals surface area contributed by atoms with Gasteiger partial charge in [0.2, 0.25) is 10.0 Å². The Hall–Kier alpha value is -2.86. The summed E-state index contributed by atoms with van der Waals surface area (Å²) < 4.78 is 38.6. The van der Waals surface area contributed by atoms with E-state index >= 15 is 0 Å². The van der Waals surface area contributed by atoms with Gasteiger partial charge in [-0.2, -0.15) is 5.26 Å². The van der Waals surface area contributed by atoms with Gasteiger partial charge < -0.3 is 14.0 Å². The molecule has 35 heavy (non-hydrogen) atoms. The average Bonchev–Trinajstić information content (AvgIpc) is 3.14. The van der Waals surface area contributed by atoms with Crippen LogP contribution in [-0.2, 0) is 29.1 Å². The first-order valence-electron chi connectivity index (χ1n) is 10.7. The van der Waals surface area contributed by atoms with Crippen LogP contribution in [0.2, 0.25) is 5.02 Å². The number of nitriles is 1. The Labute approximate surface area is 216 Å². The van der Waals surface area contributed by atoms with Gasteiger partial charge in [-0.15, -0.1) is 11.6 Å². The summed E-state index contributed by atoms with van der Waals surface area (Å²) in [5.41, 5.74) is 2.62. The summed E-state index contributed by atoms with van der Waals surface area (Å²) in [5, 5.41) is 9.96. The molecular formula is C25H27Cl2N3O4S. The van der Waals surface area contributed by atoms with Crippen molar-refractivity contribution in [3.05, 3.63) is 75.9 Å². The Morgan fingerprint density at radius 2 is 1.77 bits per heavy atom. The molecule has 0 saturated heterocycles. The quantitative estimate of drug-likeness (QED) is 0.348. The van der Waals surface area contributed by atoms with Crippen molar-refractivity contribution in [2.75, 3.05) is 23.5 Å². The Balaban J connectivity index is 1.76. The van der Waals surface area contributed by atoms with Crippen molar-refractivity contribution in [2.45, 2.75) is 25.9 Å². The molecule has 0 spiro atoms. The maximum absolute atomic E-state index is 11.5. The molecule has 0 fully saturated rings. The first-order chi connectivity index (χ1) is 16.5. The van der Waals surface area contributed by atoms with Gasteiger partial charge >= 0.3 is 0 Å². The van der Waals surface area contributed by atoms with Gasteiger partial charge in [0.05, 0.1) is 28.4 Å². The molecule has 0 aliphatic rings. The number of anilines is 1. The fourth-order valence-corrected chi connectivity index (χ4v) is 4.54. The predicted octanol–water partition coefficient (Wildman–Crippen LogP) is 5.44. The smallest absolute Gasteiger partial charge is 0.230 e. The van der Waals surface area contributed by atoms with Crippen LogP contribution in [0.3, 0.4) is 0 Å². The van der Waals surface area contributed by atoms with Crippen LogP contribution >= 0.6 is 23.2 Å². The summed E-state index contributed by atoms with van der Waals surface area (Å²) >= 11 is 12.1. The Kier molecular flexibility index (Phi) is 8.26. The summed E-state index contributed by atoms with van der Waals surface area (Å²) in [4.78, 5) is 0. The second-order valence-electron chi connectivity index (χ2n) is 8.57. The lowest BCUT2D eigenvalue weighted by atomic mass is 9.77. The summed E-state index contributed by atoms with van der Waals surface area (Å²) in [6.45, 7) is 4.64. The van der Waals surface area contributed by atoms with E-state index in [1.807, 2.05) is 36.4 Å². The lowest BCUT2D eigenvalue weighted by molar-refractivity contribution is 0.297. The van der Waals surface area contributed by atoms with Gasteiger partial charge in [-0.05, 0) is 47.5 Å². The minimum Gasteiger partial charge on any atom is -0.489 e. The van der Waals surface area contributed by atoms with Crippen LogP contribution < -0.4 is 14.2 Å². The molecule has 0 unspecified atom stereocenters. The molecule has 0 bridgehead atoms. The fraction of sp³-hybridized carbons (Fsp3) is 0.320. The molecule has 0 radical (unpaired) electrons. The highest BCUT2D eigenvalue weighted by molar-refractivity contribution is 7.92. The number of nitrogens with one attached hydrogen (secondary N) is 1. The van der Waals surface area contributed by atoms with Gasteiger partial charge in [-0.3, -0.25) is 4.72 Å². The standard InChI is InChI=1S/C25H27Cl2N3O4S/c1-25(2,19-13-17(15-28)24(22(27)14-19)33-12-11-26)18-5-8-21(9-6-18)34-16-20-7-10-23(30(20)3)29-35(4,31)32/h5-10,13-14,29H,11-12,16H2,1-4H3. The fourth-order valence-electron chi connectivity index (χ4n) is 3.61. The van der Waals surface area contributed by atoms with Crippen LogP contribution in [-0.4, -0.2) is 31.7 Å². The number of halogens is 2. The topological polar surface area (TPSA) is 93.3 Å². The van der Waals surface area contributed by atoms with Gasteiger partial charge in [0.25, 0.3) is 0 Å². The number of alkyl halides is 1. The minimum atomic E-state index is -3.36. The van der Waals surface area contributed by atoms with Crippen LogP contribution in [0.25, 0.3) is 0 Å². The lowest BCUT2D eigenvalue weighted by Crippen LogP contribution is -2.19. The van der Waals surface area contributed by atoms with Crippen molar-refractivity contribution in [3.8, 4) is 17.6 Å². The number of nitrogens with zero attached hydrogens (tertiary/aromatic N) is 2. The lowest BCUT2D eigenvalue weighted by Gasteiger charge is -2.27. The van der Waals surface area contributed by atoms with E-state index in [-0.39, 0.29) is 13.2 Å². The van der Waals surface area contributed by atoms with Crippen molar-refractivity contribution in [3.63, 3.8) is 0 Å². The summed E-state index contributed by atoms with van der Waals surface area (Å²) in [7, 11) is -1.59. The van der Waals surface area contributed by atoms with E-state index in [4.69, 9.17) is 32.7 Å². The zero-order valence-electron chi connectivity index (χ0n) is 19.9. The molecule has 3 aromatic rings. The van der Waals surface area contributed by atoms with E-state index in [1.165, 1.54) is 0 Å². The van der Waals surface area contributed by atoms with Crippen LogP contribution in [0.1, 0.15) is 36.2 Å². The zero-order chi connectivity index (χ0) is 25.8. The van der Waals surface area contributed by atoms with E-state index in [0.29, 0.717) is 33.8 Å². The normalized spacial score (nSPS) is 11.7. The van der Waals surface area contributed by atoms with Gasteiger partial charge in [-0.25, -0.2) is 8.42 Å². The molecule has 0 saturated carbocycles. The number of rotatable bonds is 10. The zero-order valence-corrected chi connectivity index (χ0v) is 22.3. The van der Waals surface area contributed by atoms with Crippen LogP contribution in [0.15, 0.2) is 48.5 Å². The average molecular weight is 536 g/mol. The minimum absolute atomic E-state index is 0.262. The van der Waals surface area contributed by atoms with Gasteiger partial charge in [-0.1, -0.05) is 37.6 Å². The molecule has 2 aromatic carbocycles. The van der Waals surface area contributed by atoms with Crippen molar-refractivity contribution in [1.29, 1.82) is 5.26 Å². The Morgan fingerprint density at radius 1 is 1.09 bits per heavy atom. The first-order valence-corrected chi connectivity index (χ1v) is 13.5. The van der Waals surface area contributed by atoms with Gasteiger partial charge in [0.15, 0.2) is 5.75 Å². The van der Waals surface area contributed by atoms with Crippen LogP contribution in [0, 0.1) is 11.3 Å². The van der Waals surface area contributed by atoms with E-state index in [2.05, 4.69) is 24.6 Å². The van der Waals surface area contributed by atoms with Crippen LogP contribution in [0.5, 0.6) is 11.5 Å². The van der Waals surface area contributed by atoms with Crippen molar-refractivity contribution >= 4 is 39.0 Å². The highest BCUT2D eigenvalue weighted by Crippen LogP contribution is 2.38. The molecule has 1 N–H and O–H groups in total. The third-order valence-electron chi connectivity index (χ3n) is 5.69. The number of aromatic nitrogens is 1.